The Hall–Kier alpha value is -1.86. The molecule has 2 saturated heterocycles. The van der Waals surface area contributed by atoms with Gasteiger partial charge in [-0.1, -0.05) is 0 Å². The van der Waals surface area contributed by atoms with Crippen LogP contribution in [0.5, 0.6) is 0 Å². The normalized spacial score (nSPS) is 24.6. The molecule has 3 aliphatic heterocycles. The zero-order valence-corrected chi connectivity index (χ0v) is 15.3. The number of likely N-dealkylation sites (N-methyl/N-ethyl adjacent to an activating group) is 1. The topological polar surface area (TPSA) is 52.1 Å². The van der Waals surface area contributed by atoms with Crippen molar-refractivity contribution >= 4 is 23.1 Å². The molecule has 0 radical (unpaired) electrons. The number of pyridine rings is 1. The van der Waals surface area contributed by atoms with Gasteiger partial charge in [-0.05, 0) is 19.9 Å². The molecule has 0 saturated carbocycles. The molecule has 25 heavy (non-hydrogen) atoms. The molecule has 0 bridgehead atoms. The van der Waals surface area contributed by atoms with E-state index < -0.39 is 0 Å². The summed E-state index contributed by atoms with van der Waals surface area (Å²) in [6.07, 6.45) is 1.94. The van der Waals surface area contributed by atoms with Crippen LogP contribution in [0.1, 0.15) is 13.8 Å². The second-order valence-electron chi connectivity index (χ2n) is 7.33. The van der Waals surface area contributed by atoms with Crippen LogP contribution in [0, 0.1) is 0 Å². The number of carbonyl (C=O) groups is 1. The van der Waals surface area contributed by atoms with Crippen LogP contribution in [0.3, 0.4) is 0 Å². The molecule has 136 valence electrons. The van der Waals surface area contributed by atoms with Crippen LogP contribution in [0.4, 0.5) is 17.2 Å². The summed E-state index contributed by atoms with van der Waals surface area (Å²) in [6, 6.07) is 2.44. The quantitative estimate of drug-likeness (QED) is 0.790. The van der Waals surface area contributed by atoms with Crippen molar-refractivity contribution in [3.05, 3.63) is 12.3 Å². The molecule has 0 aliphatic carbocycles. The second kappa shape index (κ2) is 6.46. The Morgan fingerprint density at radius 3 is 2.68 bits per heavy atom. The Morgan fingerprint density at radius 1 is 1.20 bits per heavy atom. The van der Waals surface area contributed by atoms with Gasteiger partial charge in [0.1, 0.15) is 6.04 Å². The van der Waals surface area contributed by atoms with E-state index >= 15 is 0 Å². The van der Waals surface area contributed by atoms with E-state index in [1.807, 2.05) is 13.2 Å². The minimum atomic E-state index is -0.129. The zero-order chi connectivity index (χ0) is 17.6. The van der Waals surface area contributed by atoms with Crippen molar-refractivity contribution in [3.63, 3.8) is 0 Å². The first-order chi connectivity index (χ1) is 12.1. The van der Waals surface area contributed by atoms with Gasteiger partial charge in [-0.25, -0.2) is 4.98 Å². The third-order valence-corrected chi connectivity index (χ3v) is 5.60. The van der Waals surface area contributed by atoms with Crippen molar-refractivity contribution in [2.24, 2.45) is 0 Å². The maximum Gasteiger partial charge on any atom is 0.250 e. The lowest BCUT2D eigenvalue weighted by Gasteiger charge is -2.47. The minimum absolute atomic E-state index is 0.129. The number of hydrogen-bond acceptors (Lipinski definition) is 6. The van der Waals surface area contributed by atoms with Gasteiger partial charge in [-0.15, -0.1) is 0 Å². The third-order valence-electron chi connectivity index (χ3n) is 5.60. The van der Waals surface area contributed by atoms with Gasteiger partial charge in [0.25, 0.3) is 5.91 Å². The molecule has 0 aromatic carbocycles. The summed E-state index contributed by atoms with van der Waals surface area (Å²) < 4.78 is 5.43. The predicted molar refractivity (Wildman–Crippen MR) is 98.5 cm³/mol. The Balaban J connectivity index is 1.64. The first kappa shape index (κ1) is 16.6. The Morgan fingerprint density at radius 2 is 1.96 bits per heavy atom. The first-order valence-electron chi connectivity index (χ1n) is 9.17. The number of aromatic nitrogens is 1. The van der Waals surface area contributed by atoms with Gasteiger partial charge < -0.3 is 19.4 Å². The van der Waals surface area contributed by atoms with Crippen LogP contribution in [-0.2, 0) is 9.53 Å². The highest BCUT2D eigenvalue weighted by Crippen LogP contribution is 2.37. The molecule has 0 spiro atoms. The average Bonchev–Trinajstić information content (AvgIpc) is 2.66. The average molecular weight is 345 g/mol. The molecule has 1 atom stereocenters. The van der Waals surface area contributed by atoms with Gasteiger partial charge in [0.2, 0.25) is 0 Å². The smallest absolute Gasteiger partial charge is 0.250 e. The monoisotopic (exact) mass is 345 g/mol. The molecule has 1 aromatic heterocycles. The maximum atomic E-state index is 13.0. The third kappa shape index (κ3) is 2.85. The summed E-state index contributed by atoms with van der Waals surface area (Å²) >= 11 is 0. The van der Waals surface area contributed by atoms with Gasteiger partial charge >= 0.3 is 0 Å². The second-order valence-corrected chi connectivity index (χ2v) is 7.33. The molecule has 7 heteroatoms. The van der Waals surface area contributed by atoms with Crippen molar-refractivity contribution in [1.82, 2.24) is 9.88 Å². The molecule has 1 unspecified atom stereocenters. The number of morpholine rings is 1. The fraction of sp³-hybridized carbons (Fsp3) is 0.667. The summed E-state index contributed by atoms with van der Waals surface area (Å²) in [4.78, 5) is 26.4. The highest BCUT2D eigenvalue weighted by Gasteiger charge is 2.41. The lowest BCUT2D eigenvalue weighted by atomic mass is 10.0. The summed E-state index contributed by atoms with van der Waals surface area (Å²) in [5.41, 5.74) is 1.99. The van der Waals surface area contributed by atoms with E-state index in [-0.39, 0.29) is 11.9 Å². The lowest BCUT2D eigenvalue weighted by molar-refractivity contribution is -0.121. The number of fused-ring (bicyclic) bond motifs is 3. The van der Waals surface area contributed by atoms with Crippen molar-refractivity contribution in [2.45, 2.75) is 25.9 Å². The SMILES string of the molecule is CC(C)N1CCN2c3ncc(N4CCOCC4)cc3N(C)C(=O)C2C1. The fourth-order valence-electron chi connectivity index (χ4n) is 3.98. The molecule has 1 amide bonds. The Bertz CT molecular complexity index is 659. The molecular formula is C18H27N5O2. The van der Waals surface area contributed by atoms with E-state index in [1.165, 1.54) is 0 Å². The van der Waals surface area contributed by atoms with E-state index in [1.54, 1.807) is 4.90 Å². The number of rotatable bonds is 2. The number of ether oxygens (including phenoxy) is 1. The first-order valence-corrected chi connectivity index (χ1v) is 9.17. The van der Waals surface area contributed by atoms with Crippen LogP contribution < -0.4 is 14.7 Å². The van der Waals surface area contributed by atoms with Crippen LogP contribution in [-0.4, -0.2) is 80.9 Å². The largest absolute Gasteiger partial charge is 0.378 e. The van der Waals surface area contributed by atoms with E-state index in [0.717, 1.165) is 63.1 Å². The van der Waals surface area contributed by atoms with E-state index in [0.29, 0.717) is 6.04 Å². The molecule has 7 nitrogen and oxygen atoms in total. The lowest BCUT2D eigenvalue weighted by Crippen LogP contribution is -2.63. The van der Waals surface area contributed by atoms with Crippen molar-refractivity contribution in [2.75, 3.05) is 67.7 Å². The highest BCUT2D eigenvalue weighted by molar-refractivity contribution is 6.05. The van der Waals surface area contributed by atoms with Crippen LogP contribution in [0.2, 0.25) is 0 Å². The standard InChI is InChI=1S/C18H27N5O2/c1-13(2)22-4-5-23-16(12-22)18(24)20(3)15-10-14(11-19-17(15)23)21-6-8-25-9-7-21/h10-11,13,16H,4-9,12H2,1-3H3. The number of anilines is 3. The van der Waals surface area contributed by atoms with E-state index in [2.05, 4.69) is 34.6 Å². The summed E-state index contributed by atoms with van der Waals surface area (Å²) in [5.74, 6) is 1.10. The Kier molecular flexibility index (Phi) is 4.29. The summed E-state index contributed by atoms with van der Waals surface area (Å²) in [5, 5.41) is 0. The number of piperazine rings is 1. The van der Waals surface area contributed by atoms with Crippen LogP contribution in [0.15, 0.2) is 12.3 Å². The number of carbonyl (C=O) groups excluding carboxylic acids is 1. The summed E-state index contributed by atoms with van der Waals surface area (Å²) in [7, 11) is 1.87. The highest BCUT2D eigenvalue weighted by atomic mass is 16.5. The minimum Gasteiger partial charge on any atom is -0.378 e. The maximum absolute atomic E-state index is 13.0. The number of nitrogens with zero attached hydrogens (tertiary/aromatic N) is 5. The number of hydrogen-bond donors (Lipinski definition) is 0. The van der Waals surface area contributed by atoms with Crippen molar-refractivity contribution in [1.29, 1.82) is 0 Å². The molecule has 1 aromatic rings. The van der Waals surface area contributed by atoms with E-state index in [4.69, 9.17) is 9.72 Å². The van der Waals surface area contributed by atoms with Gasteiger partial charge in [0.15, 0.2) is 5.82 Å². The molecular weight excluding hydrogens is 318 g/mol. The molecule has 0 N–H and O–H groups in total. The number of amides is 1. The van der Waals surface area contributed by atoms with Crippen molar-refractivity contribution in [3.8, 4) is 0 Å². The fourth-order valence-corrected chi connectivity index (χ4v) is 3.98. The predicted octanol–water partition coefficient (Wildman–Crippen LogP) is 0.794. The van der Waals surface area contributed by atoms with Gasteiger partial charge in [0, 0.05) is 45.8 Å². The molecule has 4 heterocycles. The van der Waals surface area contributed by atoms with Gasteiger partial charge in [-0.3, -0.25) is 9.69 Å². The van der Waals surface area contributed by atoms with Gasteiger partial charge in [0.05, 0.1) is 30.8 Å². The molecule has 3 aliphatic rings. The molecule has 4 rings (SSSR count). The van der Waals surface area contributed by atoms with Crippen LogP contribution >= 0.6 is 0 Å². The van der Waals surface area contributed by atoms with Crippen LogP contribution in [0.25, 0.3) is 0 Å². The summed E-state index contributed by atoms with van der Waals surface area (Å²) in [6.45, 7) is 10.2. The zero-order valence-electron chi connectivity index (χ0n) is 15.3. The van der Waals surface area contributed by atoms with E-state index in [9.17, 15) is 4.79 Å². The van der Waals surface area contributed by atoms with Crippen molar-refractivity contribution < 1.29 is 9.53 Å². The van der Waals surface area contributed by atoms with Gasteiger partial charge in [-0.2, -0.15) is 0 Å². The Labute approximate surface area is 149 Å². The molecule has 2 fully saturated rings.